The van der Waals surface area contributed by atoms with Gasteiger partial charge in [-0.1, -0.05) is 95.7 Å². The Morgan fingerprint density at radius 2 is 1.19 bits per heavy atom. The maximum Gasteiger partial charge on any atom is 0.338 e. The molecule has 0 aromatic heterocycles. The smallest absolute Gasteiger partial charge is 0.338 e. The molecule has 0 N–H and O–H groups in total. The van der Waals surface area contributed by atoms with E-state index >= 15 is 0 Å². The summed E-state index contributed by atoms with van der Waals surface area (Å²) in [5.74, 6) is 0.449. The highest BCUT2D eigenvalue weighted by Crippen LogP contribution is 2.49. The van der Waals surface area contributed by atoms with Crippen LogP contribution < -0.4 is 9.47 Å². The summed E-state index contributed by atoms with van der Waals surface area (Å²) in [4.78, 5) is 14.3. The Balaban J connectivity index is 3.14. The topological polar surface area (TPSA) is 90.9 Å². The third-order valence-corrected chi connectivity index (χ3v) is 25.8. The lowest BCUT2D eigenvalue weighted by atomic mass is 9.79. The summed E-state index contributed by atoms with van der Waals surface area (Å²) in [7, 11) is -2.81. The third-order valence-electron chi connectivity index (χ3n) is 12.2. The van der Waals surface area contributed by atoms with Crippen molar-refractivity contribution >= 4 is 41.4 Å². The summed E-state index contributed by atoms with van der Waals surface area (Å²) in [6.07, 6.45) is -3.14. The molecule has 5 atom stereocenters. The highest BCUT2D eigenvalue weighted by atomic mass is 28.4. The minimum Gasteiger partial charge on any atom is -0.492 e. The Hall–Kier alpha value is -1.30. The van der Waals surface area contributed by atoms with Crippen molar-refractivity contribution in [2.24, 2.45) is 0 Å². The fourth-order valence-corrected chi connectivity index (χ4v) is 9.98. The van der Waals surface area contributed by atoms with Crippen molar-refractivity contribution in [1.29, 1.82) is 0 Å². The molecular formula is C41H75O9Si4. The quantitative estimate of drug-likeness (QED) is 0.103. The normalized spacial score (nSPS) is 22.2. The molecule has 13 heteroatoms. The Bertz CT molecular complexity index is 1460. The molecule has 1 saturated heterocycles. The summed E-state index contributed by atoms with van der Waals surface area (Å²) in [6, 6.07) is 0. The molecule has 1 aliphatic heterocycles. The van der Waals surface area contributed by atoms with Crippen LogP contribution in [0, 0.1) is 13.8 Å². The van der Waals surface area contributed by atoms with Gasteiger partial charge in [0.15, 0.2) is 42.6 Å². The molecule has 0 aliphatic carbocycles. The van der Waals surface area contributed by atoms with Gasteiger partial charge in [0.1, 0.15) is 24.9 Å². The Morgan fingerprint density at radius 1 is 0.741 bits per heavy atom. The Morgan fingerprint density at radius 3 is 1.57 bits per heavy atom. The van der Waals surface area contributed by atoms with Gasteiger partial charge in [-0.25, -0.2) is 4.79 Å². The van der Waals surface area contributed by atoms with Crippen LogP contribution in [0.3, 0.4) is 0 Å². The van der Waals surface area contributed by atoms with Gasteiger partial charge in [-0.2, -0.15) is 0 Å². The Kier molecular flexibility index (Phi) is 15.6. The van der Waals surface area contributed by atoms with E-state index in [2.05, 4.69) is 146 Å². The van der Waals surface area contributed by atoms with E-state index < -0.39 is 61.6 Å². The molecule has 0 saturated carbocycles. The maximum atomic E-state index is 14.3. The first-order valence-electron chi connectivity index (χ1n) is 19.3. The van der Waals surface area contributed by atoms with E-state index in [1.807, 2.05) is 6.92 Å². The summed E-state index contributed by atoms with van der Waals surface area (Å²) in [5.41, 5.74) is 3.66. The van der Waals surface area contributed by atoms with Crippen molar-refractivity contribution in [2.75, 3.05) is 13.7 Å². The largest absolute Gasteiger partial charge is 0.492 e. The van der Waals surface area contributed by atoms with Crippen LogP contribution in [0.2, 0.25) is 54.4 Å². The standard InChI is InChI=1S/C41H75O9Si4/c1-23-24-44-36(42)34-32(48-52(17,18)39(7,8)9)33(49-53(19,20)40(10,11)12)35(50-54(21,22)41(13,14)15)37(47-34)46-30-27(3)26(2)29(38(4,5)6)28(25-45-51)31(30)43-16/h23,32-35,37H,1,24-25H2,2-22H3/t32-,33+,34+,35-,37-/m1/s1. The minimum atomic E-state index is -2.57. The second-order valence-corrected chi connectivity index (χ2v) is 35.1. The highest BCUT2D eigenvalue weighted by Gasteiger charge is 2.59. The second-order valence-electron chi connectivity index (χ2n) is 20.5. The van der Waals surface area contributed by atoms with Crippen LogP contribution in [0.5, 0.6) is 11.5 Å². The molecule has 309 valence electrons. The van der Waals surface area contributed by atoms with Crippen molar-refractivity contribution in [2.45, 2.75) is 194 Å². The van der Waals surface area contributed by atoms with Gasteiger partial charge in [0.2, 0.25) is 16.8 Å². The second kappa shape index (κ2) is 17.3. The van der Waals surface area contributed by atoms with Gasteiger partial charge in [0, 0.05) is 5.56 Å². The van der Waals surface area contributed by atoms with E-state index in [1.54, 1.807) is 13.2 Å². The lowest BCUT2D eigenvalue weighted by molar-refractivity contribution is -0.263. The number of hydrogen-bond donors (Lipinski definition) is 0. The molecule has 54 heavy (non-hydrogen) atoms. The van der Waals surface area contributed by atoms with E-state index in [1.165, 1.54) is 0 Å². The van der Waals surface area contributed by atoms with Crippen LogP contribution in [0.25, 0.3) is 0 Å². The highest BCUT2D eigenvalue weighted by molar-refractivity contribution is 6.75. The monoisotopic (exact) mass is 823 g/mol. The van der Waals surface area contributed by atoms with Crippen molar-refractivity contribution in [3.8, 4) is 11.5 Å². The van der Waals surface area contributed by atoms with Gasteiger partial charge in [-0.05, 0) is 90.3 Å². The minimum absolute atomic E-state index is 0.0187. The average Bonchev–Trinajstić information content (AvgIpc) is 2.98. The molecule has 2 rings (SSSR count). The molecule has 0 spiro atoms. The number of carbonyl (C=O) groups excluding carboxylic acids is 1. The number of methoxy groups -OCH3 is 1. The molecule has 1 fully saturated rings. The zero-order valence-corrected chi connectivity index (χ0v) is 41.8. The first-order chi connectivity index (χ1) is 24.2. The molecule has 1 aromatic carbocycles. The van der Waals surface area contributed by atoms with Crippen molar-refractivity contribution in [3.63, 3.8) is 0 Å². The number of rotatable bonds is 14. The van der Waals surface area contributed by atoms with Gasteiger partial charge in [-0.15, -0.1) is 0 Å². The number of esters is 1. The molecule has 3 radical (unpaired) electrons. The molecule has 1 aromatic rings. The zero-order chi connectivity index (χ0) is 42.2. The number of hydrogen-bond acceptors (Lipinski definition) is 9. The first kappa shape index (κ1) is 48.8. The SMILES string of the molecule is C=CCOC(=O)[C@H]1O[C@@H](Oc2c(C)c(C)c(C(C)(C)C)c(CO[Si])c2OC)[C@H](O[Si](C)(C)C(C)(C)C)[C@@H](O[Si](C)(C)C(C)(C)C)[C@H]1O[Si](C)(C)C(C)(C)C. The molecule has 1 aliphatic rings. The lowest BCUT2D eigenvalue weighted by Gasteiger charge is -2.53. The van der Waals surface area contributed by atoms with E-state index in [9.17, 15) is 4.79 Å². The maximum absolute atomic E-state index is 14.3. The van der Waals surface area contributed by atoms with Gasteiger partial charge >= 0.3 is 5.97 Å². The summed E-state index contributed by atoms with van der Waals surface area (Å²) >= 11 is 0. The number of carbonyl (C=O) groups is 1. The van der Waals surface area contributed by atoms with Gasteiger partial charge < -0.3 is 36.7 Å². The summed E-state index contributed by atoms with van der Waals surface area (Å²) < 4.78 is 53.7. The van der Waals surface area contributed by atoms with E-state index in [0.29, 0.717) is 11.5 Å². The fourth-order valence-electron chi connectivity index (χ4n) is 5.96. The molecule has 0 bridgehead atoms. The molecular weight excluding hydrogens is 749 g/mol. The van der Waals surface area contributed by atoms with Crippen LogP contribution >= 0.6 is 0 Å². The molecule has 0 unspecified atom stereocenters. The predicted molar refractivity (Wildman–Crippen MR) is 228 cm³/mol. The number of benzene rings is 1. The number of ether oxygens (including phenoxy) is 4. The van der Waals surface area contributed by atoms with Gasteiger partial charge in [0.25, 0.3) is 0 Å². The first-order valence-corrected chi connectivity index (χ1v) is 28.5. The summed E-state index contributed by atoms with van der Waals surface area (Å²) in [6.45, 7) is 47.6. The van der Waals surface area contributed by atoms with Crippen molar-refractivity contribution < 1.29 is 41.4 Å². The van der Waals surface area contributed by atoms with Crippen LogP contribution in [0.1, 0.15) is 105 Å². The molecule has 0 amide bonds. The zero-order valence-electron chi connectivity index (χ0n) is 37.8. The third kappa shape index (κ3) is 10.8. The van der Waals surface area contributed by atoms with Crippen molar-refractivity contribution in [1.82, 2.24) is 0 Å². The van der Waals surface area contributed by atoms with Crippen LogP contribution in [0.15, 0.2) is 12.7 Å². The average molecular weight is 824 g/mol. The predicted octanol–water partition coefficient (Wildman–Crippen LogP) is 10.2. The Labute approximate surface area is 335 Å². The van der Waals surface area contributed by atoms with Crippen LogP contribution in [-0.4, -0.2) is 85.8 Å². The van der Waals surface area contributed by atoms with Gasteiger partial charge in [-0.3, -0.25) is 0 Å². The van der Waals surface area contributed by atoms with E-state index in [4.69, 9.17) is 36.7 Å². The van der Waals surface area contributed by atoms with Gasteiger partial charge in [0.05, 0.1) is 13.7 Å². The lowest BCUT2D eigenvalue weighted by Crippen LogP contribution is -2.69. The van der Waals surface area contributed by atoms with E-state index in [-0.39, 0.29) is 33.7 Å². The summed E-state index contributed by atoms with van der Waals surface area (Å²) in [5, 5.41) is -0.529. The molecule has 1 heterocycles. The van der Waals surface area contributed by atoms with Crippen LogP contribution in [-0.2, 0) is 44.0 Å². The fraction of sp³-hybridized carbons (Fsp3) is 0.780. The van der Waals surface area contributed by atoms with Crippen molar-refractivity contribution in [3.05, 3.63) is 34.9 Å². The van der Waals surface area contributed by atoms with Crippen LogP contribution in [0.4, 0.5) is 0 Å². The molecule has 9 nitrogen and oxygen atoms in total. The van der Waals surface area contributed by atoms with E-state index in [0.717, 1.165) is 22.3 Å².